The monoisotopic (exact) mass is 229 g/mol. The van der Waals surface area contributed by atoms with Crippen molar-refractivity contribution in [2.75, 3.05) is 17.7 Å². The lowest BCUT2D eigenvalue weighted by Gasteiger charge is -2.16. The first-order chi connectivity index (χ1) is 6.65. The summed E-state index contributed by atoms with van der Waals surface area (Å²) in [5.74, 6) is 0.624. The zero-order valence-corrected chi connectivity index (χ0v) is 9.55. The van der Waals surface area contributed by atoms with Crippen LogP contribution in [0.3, 0.4) is 0 Å². The molecule has 0 aliphatic carbocycles. The van der Waals surface area contributed by atoms with Crippen LogP contribution in [0, 0.1) is 0 Å². The molecule has 0 heterocycles. The first-order valence-corrected chi connectivity index (χ1v) is 5.29. The Kier molecular flexibility index (Phi) is 4.29. The predicted molar refractivity (Wildman–Crippen MR) is 63.3 cm³/mol. The van der Waals surface area contributed by atoms with Crippen LogP contribution in [0.5, 0.6) is 0 Å². The SMILES string of the molecule is CN(C(=O)CCS)c1ccc(Cl)cc1. The van der Waals surface area contributed by atoms with Gasteiger partial charge in [-0.1, -0.05) is 11.6 Å². The number of rotatable bonds is 3. The molecule has 1 rings (SSSR count). The average molecular weight is 230 g/mol. The van der Waals surface area contributed by atoms with Crippen molar-refractivity contribution in [1.82, 2.24) is 0 Å². The van der Waals surface area contributed by atoms with Crippen molar-refractivity contribution in [2.24, 2.45) is 0 Å². The Morgan fingerprint density at radius 2 is 2.00 bits per heavy atom. The Morgan fingerprint density at radius 1 is 1.43 bits per heavy atom. The van der Waals surface area contributed by atoms with E-state index in [1.54, 1.807) is 24.1 Å². The maximum atomic E-state index is 11.5. The molecule has 0 aliphatic rings. The maximum absolute atomic E-state index is 11.5. The van der Waals surface area contributed by atoms with Crippen molar-refractivity contribution < 1.29 is 4.79 Å². The Hall–Kier alpha value is -0.670. The zero-order chi connectivity index (χ0) is 10.6. The first-order valence-electron chi connectivity index (χ1n) is 4.28. The Balaban J connectivity index is 2.73. The molecule has 0 saturated carbocycles. The molecule has 0 N–H and O–H groups in total. The van der Waals surface area contributed by atoms with Crippen molar-refractivity contribution in [3.8, 4) is 0 Å². The third-order valence-corrected chi connectivity index (χ3v) is 2.39. The average Bonchev–Trinajstić information content (AvgIpc) is 2.18. The molecule has 0 aromatic heterocycles. The fourth-order valence-corrected chi connectivity index (χ4v) is 1.39. The Labute approximate surface area is 94.3 Å². The highest BCUT2D eigenvalue weighted by Gasteiger charge is 2.08. The maximum Gasteiger partial charge on any atom is 0.227 e. The summed E-state index contributed by atoms with van der Waals surface area (Å²) in [5, 5.41) is 0.670. The van der Waals surface area contributed by atoms with Crippen molar-refractivity contribution in [2.45, 2.75) is 6.42 Å². The van der Waals surface area contributed by atoms with Gasteiger partial charge in [0.2, 0.25) is 5.91 Å². The summed E-state index contributed by atoms with van der Waals surface area (Å²) >= 11 is 9.76. The largest absolute Gasteiger partial charge is 0.315 e. The van der Waals surface area contributed by atoms with Gasteiger partial charge in [-0.05, 0) is 30.0 Å². The van der Waals surface area contributed by atoms with Gasteiger partial charge in [0.25, 0.3) is 0 Å². The lowest BCUT2D eigenvalue weighted by atomic mass is 10.3. The van der Waals surface area contributed by atoms with Gasteiger partial charge in [-0.15, -0.1) is 0 Å². The van der Waals surface area contributed by atoms with Gasteiger partial charge in [0.1, 0.15) is 0 Å². The van der Waals surface area contributed by atoms with E-state index in [4.69, 9.17) is 11.6 Å². The molecular formula is C10H12ClNOS. The molecule has 0 fully saturated rings. The van der Waals surface area contributed by atoms with Gasteiger partial charge < -0.3 is 4.90 Å². The fourth-order valence-electron chi connectivity index (χ4n) is 1.07. The number of halogens is 1. The molecule has 1 aromatic carbocycles. The van der Waals surface area contributed by atoms with Gasteiger partial charge in [-0.25, -0.2) is 0 Å². The number of thiol groups is 1. The highest BCUT2D eigenvalue weighted by molar-refractivity contribution is 7.80. The van der Waals surface area contributed by atoms with Crippen LogP contribution < -0.4 is 4.90 Å². The lowest BCUT2D eigenvalue weighted by Crippen LogP contribution is -2.26. The van der Waals surface area contributed by atoms with Crippen LogP contribution in [0.2, 0.25) is 5.02 Å². The molecule has 76 valence electrons. The van der Waals surface area contributed by atoms with Crippen LogP contribution in [0.15, 0.2) is 24.3 Å². The topological polar surface area (TPSA) is 20.3 Å². The molecule has 0 aliphatic heterocycles. The van der Waals surface area contributed by atoms with Crippen LogP contribution in [0.1, 0.15) is 6.42 Å². The fraction of sp³-hybridized carbons (Fsp3) is 0.300. The Morgan fingerprint density at radius 3 is 2.50 bits per heavy atom. The molecule has 0 radical (unpaired) electrons. The van der Waals surface area contributed by atoms with E-state index in [-0.39, 0.29) is 5.91 Å². The smallest absolute Gasteiger partial charge is 0.227 e. The minimum absolute atomic E-state index is 0.0577. The van der Waals surface area contributed by atoms with E-state index >= 15 is 0 Å². The van der Waals surface area contributed by atoms with Gasteiger partial charge in [0, 0.05) is 24.2 Å². The van der Waals surface area contributed by atoms with Gasteiger partial charge in [0.05, 0.1) is 0 Å². The number of carbonyl (C=O) groups excluding carboxylic acids is 1. The van der Waals surface area contributed by atoms with E-state index < -0.39 is 0 Å². The quantitative estimate of drug-likeness (QED) is 0.791. The molecule has 14 heavy (non-hydrogen) atoms. The molecule has 4 heteroatoms. The molecule has 0 unspecified atom stereocenters. The van der Waals surface area contributed by atoms with Gasteiger partial charge in [-0.2, -0.15) is 12.6 Å². The first kappa shape index (κ1) is 11.4. The number of amides is 1. The summed E-state index contributed by atoms with van der Waals surface area (Å²) in [7, 11) is 1.75. The van der Waals surface area contributed by atoms with E-state index in [0.717, 1.165) is 5.69 Å². The minimum Gasteiger partial charge on any atom is -0.315 e. The van der Waals surface area contributed by atoms with Gasteiger partial charge in [0.15, 0.2) is 0 Å². The van der Waals surface area contributed by atoms with E-state index in [1.165, 1.54) is 0 Å². The van der Waals surface area contributed by atoms with Crippen LogP contribution in [0.25, 0.3) is 0 Å². The number of benzene rings is 1. The molecular weight excluding hydrogens is 218 g/mol. The number of hydrogen-bond donors (Lipinski definition) is 1. The molecule has 1 amide bonds. The van der Waals surface area contributed by atoms with E-state index in [9.17, 15) is 4.79 Å². The van der Waals surface area contributed by atoms with Crippen molar-refractivity contribution in [3.63, 3.8) is 0 Å². The second kappa shape index (κ2) is 5.27. The summed E-state index contributed by atoms with van der Waals surface area (Å²) in [6.07, 6.45) is 0.447. The third kappa shape index (κ3) is 2.93. The number of carbonyl (C=O) groups is 1. The lowest BCUT2D eigenvalue weighted by molar-refractivity contribution is -0.117. The van der Waals surface area contributed by atoms with E-state index in [1.807, 2.05) is 12.1 Å². The van der Waals surface area contributed by atoms with Crippen molar-refractivity contribution in [1.29, 1.82) is 0 Å². The van der Waals surface area contributed by atoms with Gasteiger partial charge >= 0.3 is 0 Å². The molecule has 2 nitrogen and oxygen atoms in total. The van der Waals surface area contributed by atoms with Crippen LogP contribution >= 0.6 is 24.2 Å². The standard InChI is InChI=1S/C10H12ClNOS/c1-12(10(13)6-7-14)9-4-2-8(11)3-5-9/h2-5,14H,6-7H2,1H3. The predicted octanol–water partition coefficient (Wildman–Crippen LogP) is 2.62. The summed E-state index contributed by atoms with van der Waals surface area (Å²) in [5.41, 5.74) is 0.848. The van der Waals surface area contributed by atoms with Gasteiger partial charge in [-0.3, -0.25) is 4.79 Å². The van der Waals surface area contributed by atoms with Crippen LogP contribution in [0.4, 0.5) is 5.69 Å². The summed E-state index contributed by atoms with van der Waals surface area (Å²) < 4.78 is 0. The second-order valence-electron chi connectivity index (χ2n) is 2.90. The molecule has 0 bridgehead atoms. The third-order valence-electron chi connectivity index (χ3n) is 1.91. The second-order valence-corrected chi connectivity index (χ2v) is 3.79. The highest BCUT2D eigenvalue weighted by Crippen LogP contribution is 2.17. The van der Waals surface area contributed by atoms with Crippen molar-refractivity contribution >= 4 is 35.8 Å². The Bertz CT molecular complexity index is 312. The van der Waals surface area contributed by atoms with Crippen LogP contribution in [-0.4, -0.2) is 18.7 Å². The molecule has 0 atom stereocenters. The van der Waals surface area contributed by atoms with Crippen molar-refractivity contribution in [3.05, 3.63) is 29.3 Å². The van der Waals surface area contributed by atoms with Crippen LogP contribution in [-0.2, 0) is 4.79 Å². The normalized spacial score (nSPS) is 9.93. The number of nitrogens with zero attached hydrogens (tertiary/aromatic N) is 1. The molecule has 0 spiro atoms. The summed E-state index contributed by atoms with van der Waals surface area (Å²) in [6.45, 7) is 0. The molecule has 1 aromatic rings. The zero-order valence-electron chi connectivity index (χ0n) is 7.90. The number of hydrogen-bond acceptors (Lipinski definition) is 2. The minimum atomic E-state index is 0.0577. The van der Waals surface area contributed by atoms with E-state index in [0.29, 0.717) is 17.2 Å². The highest BCUT2D eigenvalue weighted by atomic mass is 35.5. The summed E-state index contributed by atoms with van der Waals surface area (Å²) in [4.78, 5) is 13.1. The number of anilines is 1. The van der Waals surface area contributed by atoms with E-state index in [2.05, 4.69) is 12.6 Å². The summed E-state index contributed by atoms with van der Waals surface area (Å²) in [6, 6.07) is 7.17. The molecule has 0 saturated heterocycles.